The minimum Gasteiger partial charge on any atom is -0.423 e. The Hall–Kier alpha value is -4.76. The summed E-state index contributed by atoms with van der Waals surface area (Å²) in [5, 5.41) is 3.98. The van der Waals surface area contributed by atoms with Crippen molar-refractivity contribution >= 4 is 33.8 Å². The van der Waals surface area contributed by atoms with Crippen LogP contribution in [0.5, 0.6) is 5.75 Å². The number of hydrogen-bond donors (Lipinski definition) is 1. The van der Waals surface area contributed by atoms with Gasteiger partial charge in [-0.2, -0.15) is 5.10 Å². The first-order valence-corrected chi connectivity index (χ1v) is 13.9. The zero-order valence-electron chi connectivity index (χ0n) is 21.4. The third-order valence-corrected chi connectivity index (χ3v) is 6.89. The molecule has 198 valence electrons. The van der Waals surface area contributed by atoms with Gasteiger partial charge in [-0.05, 0) is 78.7 Å². The van der Waals surface area contributed by atoms with Gasteiger partial charge < -0.3 is 4.74 Å². The van der Waals surface area contributed by atoms with Crippen LogP contribution in [0.15, 0.2) is 108 Å². The molecule has 0 fully saturated rings. The largest absolute Gasteiger partial charge is 0.423 e. The summed E-state index contributed by atoms with van der Waals surface area (Å²) in [5.74, 6) is -0.517. The number of rotatable bonds is 9. The predicted molar refractivity (Wildman–Crippen MR) is 152 cm³/mol. The molecule has 0 saturated carbocycles. The van der Waals surface area contributed by atoms with Crippen molar-refractivity contribution in [2.45, 2.75) is 13.5 Å². The van der Waals surface area contributed by atoms with E-state index >= 15 is 0 Å². The lowest BCUT2D eigenvalue weighted by molar-refractivity contribution is 0.0734. The second-order valence-electron chi connectivity index (χ2n) is 8.83. The second-order valence-corrected chi connectivity index (χ2v) is 10.7. The molecule has 0 aliphatic heterocycles. The van der Waals surface area contributed by atoms with Gasteiger partial charge in [-0.25, -0.2) is 18.6 Å². The number of aryl methyl sites for hydroxylation is 1. The van der Waals surface area contributed by atoms with Gasteiger partial charge in [0, 0.05) is 5.56 Å². The molecule has 1 amide bonds. The van der Waals surface area contributed by atoms with E-state index in [9.17, 15) is 18.0 Å². The van der Waals surface area contributed by atoms with E-state index in [1.54, 1.807) is 72.8 Å². The molecule has 0 saturated heterocycles. The van der Waals surface area contributed by atoms with Gasteiger partial charge >= 0.3 is 5.97 Å². The van der Waals surface area contributed by atoms with Gasteiger partial charge in [0.1, 0.15) is 5.75 Å². The molecule has 0 aliphatic carbocycles. The molecule has 0 aliphatic rings. The molecule has 0 heterocycles. The maximum absolute atomic E-state index is 12.5. The monoisotopic (exact) mass is 541 g/mol. The molecular formula is C30H27N3O5S. The van der Waals surface area contributed by atoms with E-state index in [1.807, 2.05) is 37.3 Å². The van der Waals surface area contributed by atoms with Crippen molar-refractivity contribution in [1.82, 2.24) is 5.43 Å². The average Bonchev–Trinajstić information content (AvgIpc) is 2.93. The Morgan fingerprint density at radius 2 is 1.49 bits per heavy atom. The molecule has 0 atom stereocenters. The topological polar surface area (TPSA) is 105 Å². The molecule has 1 N–H and O–H groups in total. The van der Waals surface area contributed by atoms with Gasteiger partial charge in [0.15, 0.2) is 0 Å². The Kier molecular flexibility index (Phi) is 8.53. The third kappa shape index (κ3) is 7.62. The summed E-state index contributed by atoms with van der Waals surface area (Å²) in [5.41, 5.74) is 6.30. The van der Waals surface area contributed by atoms with E-state index in [0.717, 1.165) is 17.4 Å². The Morgan fingerprint density at radius 1 is 0.846 bits per heavy atom. The van der Waals surface area contributed by atoms with E-state index < -0.39 is 21.9 Å². The highest BCUT2D eigenvalue weighted by atomic mass is 32.2. The second kappa shape index (κ2) is 12.2. The summed E-state index contributed by atoms with van der Waals surface area (Å²) in [6.45, 7) is 2.15. The van der Waals surface area contributed by atoms with Crippen molar-refractivity contribution in [1.29, 1.82) is 0 Å². The normalized spacial score (nSPS) is 11.2. The minimum absolute atomic E-state index is 0.180. The first-order valence-electron chi connectivity index (χ1n) is 12.0. The molecule has 4 rings (SSSR count). The first-order chi connectivity index (χ1) is 18.7. The van der Waals surface area contributed by atoms with E-state index in [-0.39, 0.29) is 6.54 Å². The van der Waals surface area contributed by atoms with Crippen molar-refractivity contribution in [3.05, 3.63) is 131 Å². The van der Waals surface area contributed by atoms with Crippen molar-refractivity contribution in [3.8, 4) is 5.75 Å². The number of amides is 1. The SMILES string of the molecule is Cc1ccc(CN(c2ccc(C(=O)N/N=C\c3ccc(OC(=O)c4ccccc4)cc3)cc2)S(C)(=O)=O)cc1. The van der Waals surface area contributed by atoms with Crippen LogP contribution >= 0.6 is 0 Å². The molecule has 8 nitrogen and oxygen atoms in total. The number of carbonyl (C=O) groups excluding carboxylic acids is 2. The summed E-state index contributed by atoms with van der Waals surface area (Å²) in [7, 11) is -3.55. The number of ether oxygens (including phenoxy) is 1. The summed E-state index contributed by atoms with van der Waals surface area (Å²) in [6, 6.07) is 29.2. The molecule has 4 aromatic carbocycles. The molecule has 39 heavy (non-hydrogen) atoms. The van der Waals surface area contributed by atoms with E-state index in [1.165, 1.54) is 10.5 Å². The highest BCUT2D eigenvalue weighted by molar-refractivity contribution is 7.92. The molecule has 4 aromatic rings. The first kappa shape index (κ1) is 27.3. The van der Waals surface area contributed by atoms with Crippen LogP contribution in [0.1, 0.15) is 37.4 Å². The molecule has 0 bridgehead atoms. The van der Waals surface area contributed by atoms with Crippen LogP contribution in [0.25, 0.3) is 0 Å². The van der Waals surface area contributed by atoms with Crippen molar-refractivity contribution in [3.63, 3.8) is 0 Å². The van der Waals surface area contributed by atoms with Crippen molar-refractivity contribution in [2.24, 2.45) is 5.10 Å². The van der Waals surface area contributed by atoms with Gasteiger partial charge in [0.05, 0.1) is 30.3 Å². The van der Waals surface area contributed by atoms with Crippen LogP contribution in [0.3, 0.4) is 0 Å². The van der Waals surface area contributed by atoms with Gasteiger partial charge in [0.2, 0.25) is 10.0 Å². The van der Waals surface area contributed by atoms with Crippen LogP contribution in [0.4, 0.5) is 5.69 Å². The molecule has 0 spiro atoms. The van der Waals surface area contributed by atoms with Crippen LogP contribution < -0.4 is 14.5 Å². The number of anilines is 1. The number of benzene rings is 4. The maximum atomic E-state index is 12.5. The average molecular weight is 542 g/mol. The lowest BCUT2D eigenvalue weighted by atomic mass is 10.1. The van der Waals surface area contributed by atoms with Crippen molar-refractivity contribution < 1.29 is 22.7 Å². The lowest BCUT2D eigenvalue weighted by Crippen LogP contribution is -2.29. The highest BCUT2D eigenvalue weighted by Crippen LogP contribution is 2.22. The number of esters is 1. The highest BCUT2D eigenvalue weighted by Gasteiger charge is 2.18. The molecule has 0 aromatic heterocycles. The zero-order chi connectivity index (χ0) is 27.8. The fourth-order valence-corrected chi connectivity index (χ4v) is 4.52. The fourth-order valence-electron chi connectivity index (χ4n) is 3.63. The molecule has 0 unspecified atom stereocenters. The fraction of sp³-hybridized carbons (Fsp3) is 0.100. The van der Waals surface area contributed by atoms with Gasteiger partial charge in [-0.15, -0.1) is 0 Å². The Morgan fingerprint density at radius 3 is 2.10 bits per heavy atom. The van der Waals surface area contributed by atoms with Crippen LogP contribution in [0, 0.1) is 6.92 Å². The summed E-state index contributed by atoms with van der Waals surface area (Å²) in [6.07, 6.45) is 2.61. The summed E-state index contributed by atoms with van der Waals surface area (Å²) < 4.78 is 31.5. The van der Waals surface area contributed by atoms with Crippen LogP contribution in [-0.2, 0) is 16.6 Å². The number of hydrazone groups is 1. The predicted octanol–water partition coefficient (Wildman–Crippen LogP) is 4.94. The summed E-state index contributed by atoms with van der Waals surface area (Å²) >= 11 is 0. The number of sulfonamides is 1. The maximum Gasteiger partial charge on any atom is 0.343 e. The van der Waals surface area contributed by atoms with Crippen LogP contribution in [0.2, 0.25) is 0 Å². The molecule has 9 heteroatoms. The number of hydrogen-bond acceptors (Lipinski definition) is 6. The van der Waals surface area contributed by atoms with E-state index in [0.29, 0.717) is 28.1 Å². The van der Waals surface area contributed by atoms with Gasteiger partial charge in [0.25, 0.3) is 5.91 Å². The summed E-state index contributed by atoms with van der Waals surface area (Å²) in [4.78, 5) is 24.7. The van der Waals surface area contributed by atoms with Gasteiger partial charge in [-0.3, -0.25) is 9.10 Å². The Balaban J connectivity index is 1.35. The molecular weight excluding hydrogens is 514 g/mol. The van der Waals surface area contributed by atoms with Crippen LogP contribution in [-0.4, -0.2) is 32.8 Å². The lowest BCUT2D eigenvalue weighted by Gasteiger charge is -2.22. The van der Waals surface area contributed by atoms with Crippen molar-refractivity contribution in [2.75, 3.05) is 10.6 Å². The minimum atomic E-state index is -3.55. The Bertz CT molecular complexity index is 1570. The zero-order valence-corrected chi connectivity index (χ0v) is 22.3. The smallest absolute Gasteiger partial charge is 0.343 e. The van der Waals surface area contributed by atoms with Gasteiger partial charge in [-0.1, -0.05) is 48.0 Å². The quantitative estimate of drug-likeness (QED) is 0.140. The number of nitrogens with zero attached hydrogens (tertiary/aromatic N) is 2. The molecule has 0 radical (unpaired) electrons. The number of nitrogens with one attached hydrogen (secondary N) is 1. The van der Waals surface area contributed by atoms with E-state index in [4.69, 9.17) is 4.74 Å². The number of carbonyl (C=O) groups is 2. The third-order valence-electron chi connectivity index (χ3n) is 5.74. The standard InChI is InChI=1S/C30H27N3O5S/c1-22-8-10-24(11-9-22)21-33(39(2,36)37)27-16-14-25(15-17-27)29(34)32-31-20-23-12-18-28(19-13-23)38-30(35)26-6-4-3-5-7-26/h3-20H,21H2,1-2H3,(H,32,34)/b31-20-. The Labute approximate surface area is 227 Å². The van der Waals surface area contributed by atoms with E-state index in [2.05, 4.69) is 10.5 Å².